The number of ether oxygens (including phenoxy) is 1. The number of furan rings is 2. The van der Waals surface area contributed by atoms with Crippen molar-refractivity contribution in [1.82, 2.24) is 9.47 Å². The Bertz CT molecular complexity index is 804. The lowest BCUT2D eigenvalue weighted by atomic mass is 10.3. The second kappa shape index (κ2) is 6.64. The molecule has 3 aromatic heterocycles. The minimum atomic E-state index is -0.0972. The van der Waals surface area contributed by atoms with Crippen LogP contribution in [0.5, 0.6) is 0 Å². The summed E-state index contributed by atoms with van der Waals surface area (Å²) < 4.78 is 18.6. The highest BCUT2D eigenvalue weighted by Gasteiger charge is 2.21. The van der Waals surface area contributed by atoms with Crippen LogP contribution in [-0.2, 0) is 17.8 Å². The second-order valence-electron chi connectivity index (χ2n) is 5.21. The van der Waals surface area contributed by atoms with E-state index in [1.165, 1.54) is 0 Å². The van der Waals surface area contributed by atoms with Crippen molar-refractivity contribution in [3.63, 3.8) is 0 Å². The Morgan fingerprint density at radius 2 is 2.26 bits per heavy atom. The van der Waals surface area contributed by atoms with Crippen LogP contribution in [0.2, 0.25) is 0 Å². The van der Waals surface area contributed by atoms with Crippen LogP contribution in [0.4, 0.5) is 0 Å². The summed E-state index contributed by atoms with van der Waals surface area (Å²) in [6, 6.07) is 7.27. The lowest BCUT2D eigenvalue weighted by Crippen LogP contribution is -2.28. The zero-order valence-electron chi connectivity index (χ0n) is 12.9. The summed E-state index contributed by atoms with van der Waals surface area (Å²) in [6.07, 6.45) is 1.60. The molecule has 0 saturated heterocycles. The Hall–Kier alpha value is -1.99. The maximum Gasteiger partial charge on any atom is 0.270 e. The molecule has 0 spiro atoms. The lowest BCUT2D eigenvalue weighted by Gasteiger charge is -2.17. The first-order valence-electron chi connectivity index (χ1n) is 7.15. The minimum Gasteiger partial charge on any atom is -0.467 e. The van der Waals surface area contributed by atoms with Crippen molar-refractivity contribution in [3.8, 4) is 0 Å². The van der Waals surface area contributed by atoms with Crippen LogP contribution in [0.15, 0.2) is 44.0 Å². The number of halogens is 1. The van der Waals surface area contributed by atoms with Gasteiger partial charge >= 0.3 is 0 Å². The summed E-state index contributed by atoms with van der Waals surface area (Å²) in [5, 5.41) is 0. The second-order valence-corrected chi connectivity index (χ2v) is 6.00. The van der Waals surface area contributed by atoms with Crippen LogP contribution in [0, 0.1) is 0 Å². The predicted octanol–water partition coefficient (Wildman–Crippen LogP) is 3.51. The average molecular weight is 381 g/mol. The third-order valence-electron chi connectivity index (χ3n) is 3.62. The Kier molecular flexibility index (Phi) is 4.58. The molecule has 23 heavy (non-hydrogen) atoms. The van der Waals surface area contributed by atoms with E-state index in [1.54, 1.807) is 37.5 Å². The molecule has 0 aliphatic rings. The highest BCUT2D eigenvalue weighted by Crippen LogP contribution is 2.27. The Morgan fingerprint density at radius 1 is 1.43 bits per heavy atom. The Balaban J connectivity index is 1.90. The number of methoxy groups -OCH3 is 1. The van der Waals surface area contributed by atoms with Crippen molar-refractivity contribution in [2.24, 2.45) is 0 Å². The first-order chi connectivity index (χ1) is 11.1. The van der Waals surface area contributed by atoms with Crippen molar-refractivity contribution in [1.29, 1.82) is 0 Å². The molecular formula is C16H17BrN2O4. The molecule has 7 heteroatoms. The maximum atomic E-state index is 12.8. The molecule has 3 rings (SSSR count). The van der Waals surface area contributed by atoms with Crippen LogP contribution in [0.25, 0.3) is 11.1 Å². The molecule has 3 heterocycles. The van der Waals surface area contributed by atoms with Crippen molar-refractivity contribution in [2.75, 3.05) is 20.8 Å². The van der Waals surface area contributed by atoms with E-state index in [4.69, 9.17) is 13.6 Å². The number of amides is 1. The number of rotatable bonds is 6. The highest BCUT2D eigenvalue weighted by molar-refractivity contribution is 9.10. The van der Waals surface area contributed by atoms with Crippen LogP contribution >= 0.6 is 15.9 Å². The first-order valence-corrected chi connectivity index (χ1v) is 7.95. The summed E-state index contributed by atoms with van der Waals surface area (Å²) in [4.78, 5) is 14.4. The van der Waals surface area contributed by atoms with Gasteiger partial charge in [-0.15, -0.1) is 0 Å². The fraction of sp³-hybridized carbons (Fsp3) is 0.312. The van der Waals surface area contributed by atoms with Gasteiger partial charge in [-0.3, -0.25) is 4.79 Å². The molecular weight excluding hydrogens is 364 g/mol. The molecule has 0 unspecified atom stereocenters. The number of hydrogen-bond donors (Lipinski definition) is 0. The summed E-state index contributed by atoms with van der Waals surface area (Å²) in [6.45, 7) is 1.49. The normalized spacial score (nSPS) is 11.3. The van der Waals surface area contributed by atoms with E-state index >= 15 is 0 Å². The van der Waals surface area contributed by atoms with E-state index in [2.05, 4.69) is 15.9 Å². The molecule has 0 radical (unpaired) electrons. The third-order valence-corrected chi connectivity index (χ3v) is 4.01. The van der Waals surface area contributed by atoms with Gasteiger partial charge in [-0.25, -0.2) is 0 Å². The van der Waals surface area contributed by atoms with E-state index in [0.29, 0.717) is 35.6 Å². The molecule has 0 aliphatic heterocycles. The van der Waals surface area contributed by atoms with Crippen molar-refractivity contribution in [2.45, 2.75) is 13.1 Å². The Morgan fingerprint density at radius 3 is 2.96 bits per heavy atom. The van der Waals surface area contributed by atoms with Gasteiger partial charge in [-0.1, -0.05) is 0 Å². The van der Waals surface area contributed by atoms with Gasteiger partial charge in [0.15, 0.2) is 10.3 Å². The monoisotopic (exact) mass is 380 g/mol. The van der Waals surface area contributed by atoms with Crippen molar-refractivity contribution < 1.29 is 18.4 Å². The molecule has 1 amide bonds. The molecule has 0 atom stereocenters. The van der Waals surface area contributed by atoms with Crippen LogP contribution in [0.3, 0.4) is 0 Å². The maximum absolute atomic E-state index is 12.8. The molecule has 0 saturated carbocycles. The number of nitrogens with zero attached hydrogens (tertiary/aromatic N) is 2. The zero-order chi connectivity index (χ0) is 16.4. The zero-order valence-corrected chi connectivity index (χ0v) is 14.5. The highest BCUT2D eigenvalue weighted by atomic mass is 79.9. The molecule has 122 valence electrons. The molecule has 0 aliphatic carbocycles. The topological polar surface area (TPSA) is 60.8 Å². The number of carbonyl (C=O) groups is 1. The summed E-state index contributed by atoms with van der Waals surface area (Å²) in [5.74, 6) is 0.641. The lowest BCUT2D eigenvalue weighted by molar-refractivity contribution is 0.0762. The third kappa shape index (κ3) is 3.20. The molecule has 0 aromatic carbocycles. The number of carbonyl (C=O) groups excluding carboxylic acids is 1. The smallest absolute Gasteiger partial charge is 0.270 e. The van der Waals surface area contributed by atoms with Gasteiger partial charge < -0.3 is 23.0 Å². The van der Waals surface area contributed by atoms with Crippen LogP contribution < -0.4 is 0 Å². The van der Waals surface area contributed by atoms with Crippen LogP contribution in [0.1, 0.15) is 16.2 Å². The van der Waals surface area contributed by atoms with E-state index in [1.807, 2.05) is 16.7 Å². The summed E-state index contributed by atoms with van der Waals surface area (Å²) >= 11 is 3.32. The van der Waals surface area contributed by atoms with E-state index in [0.717, 1.165) is 11.3 Å². The number of hydrogen-bond acceptors (Lipinski definition) is 4. The Labute approximate surface area is 141 Å². The average Bonchev–Trinajstić information content (AvgIpc) is 3.21. The SMILES string of the molecule is COCCn1c(C(=O)N(C)Cc2ccco2)cc2oc(Br)cc21. The first kappa shape index (κ1) is 15.9. The van der Waals surface area contributed by atoms with Gasteiger partial charge in [0.05, 0.1) is 24.9 Å². The molecule has 0 bridgehead atoms. The van der Waals surface area contributed by atoms with E-state index < -0.39 is 0 Å². The largest absolute Gasteiger partial charge is 0.467 e. The van der Waals surface area contributed by atoms with E-state index in [-0.39, 0.29) is 5.91 Å². The predicted molar refractivity (Wildman–Crippen MR) is 88.3 cm³/mol. The van der Waals surface area contributed by atoms with Gasteiger partial charge in [0.25, 0.3) is 5.91 Å². The van der Waals surface area contributed by atoms with Crippen molar-refractivity contribution >= 4 is 32.9 Å². The van der Waals surface area contributed by atoms with Gasteiger partial charge in [-0.05, 0) is 28.1 Å². The van der Waals surface area contributed by atoms with Gasteiger partial charge in [0.1, 0.15) is 11.5 Å². The minimum absolute atomic E-state index is 0.0972. The summed E-state index contributed by atoms with van der Waals surface area (Å²) in [5.41, 5.74) is 2.10. The molecule has 0 fully saturated rings. The molecule has 0 N–H and O–H groups in total. The quantitative estimate of drug-likeness (QED) is 0.656. The number of fused-ring (bicyclic) bond motifs is 1. The fourth-order valence-corrected chi connectivity index (χ4v) is 2.91. The summed E-state index contributed by atoms with van der Waals surface area (Å²) in [7, 11) is 3.38. The van der Waals surface area contributed by atoms with E-state index in [9.17, 15) is 4.79 Å². The van der Waals surface area contributed by atoms with Crippen molar-refractivity contribution in [3.05, 3.63) is 46.7 Å². The molecule has 3 aromatic rings. The van der Waals surface area contributed by atoms with Gasteiger partial charge in [-0.2, -0.15) is 0 Å². The standard InChI is InChI=1S/C16H17BrN2O4/c1-18(10-11-4-3-6-22-11)16(20)13-8-14-12(9-15(17)23-14)19(13)5-7-21-2/h3-4,6,8-9H,5,7,10H2,1-2H3. The van der Waals surface area contributed by atoms with Gasteiger partial charge in [0, 0.05) is 32.8 Å². The molecule has 6 nitrogen and oxygen atoms in total. The van der Waals surface area contributed by atoms with Crippen LogP contribution in [-0.4, -0.2) is 36.1 Å². The fourth-order valence-electron chi connectivity index (χ4n) is 2.52. The number of aromatic nitrogens is 1. The van der Waals surface area contributed by atoms with Gasteiger partial charge in [0.2, 0.25) is 0 Å².